The highest BCUT2D eigenvalue weighted by atomic mass is 32.2. The first-order valence-electron chi connectivity index (χ1n) is 22.6. The van der Waals surface area contributed by atoms with E-state index in [0.29, 0.717) is 6.42 Å². The number of likely N-dealkylation sites (tertiary alicyclic amines) is 1. The van der Waals surface area contributed by atoms with Gasteiger partial charge in [0.2, 0.25) is 15.9 Å². The van der Waals surface area contributed by atoms with Gasteiger partial charge in [-0.3, -0.25) is 9.36 Å². The molecule has 340 valence electrons. The second-order valence-electron chi connectivity index (χ2n) is 17.4. The van der Waals surface area contributed by atoms with Crippen molar-refractivity contribution in [3.8, 4) is 11.1 Å². The summed E-state index contributed by atoms with van der Waals surface area (Å²) < 4.78 is 45.0. The number of amides is 1. The van der Waals surface area contributed by atoms with Crippen LogP contribution in [0.2, 0.25) is 0 Å². The summed E-state index contributed by atoms with van der Waals surface area (Å²) in [5.41, 5.74) is 8.95. The molecule has 13 heteroatoms. The normalized spacial score (nSPS) is 18.8. The van der Waals surface area contributed by atoms with Gasteiger partial charge in [-0.05, 0) is 83.8 Å². The molecule has 3 heterocycles. The largest absolute Gasteiger partial charge is 0.392 e. The van der Waals surface area contributed by atoms with Gasteiger partial charge in [0.1, 0.15) is 6.04 Å². The van der Waals surface area contributed by atoms with Crippen molar-refractivity contribution in [1.82, 2.24) is 24.5 Å². The summed E-state index contributed by atoms with van der Waals surface area (Å²) in [6, 6.07) is 46.6. The van der Waals surface area contributed by atoms with Gasteiger partial charge >= 0.3 is 5.69 Å². The van der Waals surface area contributed by atoms with Crippen LogP contribution >= 0.6 is 0 Å². The minimum Gasteiger partial charge on any atom is -0.392 e. The number of aliphatic hydroxyl groups is 1. The minimum atomic E-state index is -3.99. The van der Waals surface area contributed by atoms with Crippen LogP contribution in [-0.2, 0) is 43.9 Å². The van der Waals surface area contributed by atoms with Crippen molar-refractivity contribution in [1.29, 1.82) is 0 Å². The van der Waals surface area contributed by atoms with Crippen molar-refractivity contribution in [2.75, 3.05) is 19.6 Å². The van der Waals surface area contributed by atoms with Gasteiger partial charge in [-0.15, -0.1) is 0 Å². The van der Waals surface area contributed by atoms with Gasteiger partial charge in [0.15, 0.2) is 6.29 Å². The van der Waals surface area contributed by atoms with Crippen molar-refractivity contribution >= 4 is 27.0 Å². The first kappa shape index (κ1) is 45.0. The number of sulfonamides is 1. The maximum Gasteiger partial charge on any atom is 0.326 e. The third-order valence-electron chi connectivity index (χ3n) is 12.8. The molecule has 0 bridgehead atoms. The second-order valence-corrected chi connectivity index (χ2v) is 19.1. The zero-order valence-corrected chi connectivity index (χ0v) is 37.7. The summed E-state index contributed by atoms with van der Waals surface area (Å²) >= 11 is 0. The molecule has 0 unspecified atom stereocenters. The number of benzene rings is 6. The van der Waals surface area contributed by atoms with Gasteiger partial charge in [0, 0.05) is 44.2 Å². The fraction of sp³-hybridized carbons (Fsp3) is 0.283. The Kier molecular flexibility index (Phi) is 13.7. The third kappa shape index (κ3) is 10.4. The van der Waals surface area contributed by atoms with Gasteiger partial charge < -0.3 is 29.8 Å². The number of fused-ring (bicyclic) bond motifs is 1. The number of carbonyl (C=O) groups is 1. The number of hydrogen-bond donors (Lipinski definition) is 4. The smallest absolute Gasteiger partial charge is 0.326 e. The molecule has 7 aromatic rings. The third-order valence-corrected chi connectivity index (χ3v) is 14.3. The number of carbonyl (C=O) groups excluding carboxylic acids is 1. The summed E-state index contributed by atoms with van der Waals surface area (Å²) in [7, 11) is -3.99. The molecule has 2 saturated heterocycles. The number of ether oxygens (including phenoxy) is 2. The van der Waals surface area contributed by atoms with Gasteiger partial charge in [-0.2, -0.15) is 4.72 Å². The Hall–Kier alpha value is -6.19. The predicted octanol–water partition coefficient (Wildman–Crippen LogP) is 7.89. The molecule has 2 aliphatic rings. The number of rotatable bonds is 15. The molecule has 4 atom stereocenters. The van der Waals surface area contributed by atoms with Crippen LogP contribution in [0, 0.1) is 6.92 Å². The van der Waals surface area contributed by atoms with Crippen LogP contribution in [0.4, 0.5) is 0 Å². The Balaban J connectivity index is 0.890. The Morgan fingerprint density at radius 1 is 0.788 bits per heavy atom. The molecule has 2 fully saturated rings. The van der Waals surface area contributed by atoms with Crippen LogP contribution in [0.5, 0.6) is 0 Å². The van der Waals surface area contributed by atoms with Crippen LogP contribution in [0.1, 0.15) is 71.1 Å². The molecule has 1 amide bonds. The van der Waals surface area contributed by atoms with E-state index in [-0.39, 0.29) is 48.4 Å². The zero-order chi connectivity index (χ0) is 45.6. The number of aliphatic hydroxyl groups excluding tert-OH is 1. The number of para-hydroxylation sites is 2. The van der Waals surface area contributed by atoms with Gasteiger partial charge in [0.25, 0.3) is 0 Å². The van der Waals surface area contributed by atoms with E-state index in [2.05, 4.69) is 19.9 Å². The van der Waals surface area contributed by atoms with E-state index in [9.17, 15) is 23.1 Å². The minimum absolute atomic E-state index is 0.0342. The first-order chi connectivity index (χ1) is 32.1. The van der Waals surface area contributed by atoms with E-state index in [4.69, 9.17) is 9.47 Å². The molecule has 12 nitrogen and oxygen atoms in total. The maximum absolute atomic E-state index is 13.9. The number of imidazole rings is 1. The molecule has 0 spiro atoms. The van der Waals surface area contributed by atoms with E-state index in [1.807, 2.05) is 139 Å². The molecule has 1 aromatic heterocycles. The highest BCUT2D eigenvalue weighted by Gasteiger charge is 2.35. The van der Waals surface area contributed by atoms with Crippen molar-refractivity contribution in [2.45, 2.75) is 81.2 Å². The SMILES string of the molecule is Cc1ccc(S(=O)(=O)N[C@H](Cc2ccccc2)C(=O)NCc2ccccc2-c2ccc([C@H]3O[C@@H](CN4CCC(n5c(=O)[nH]c6ccccc65)CC4)C[C@@H](c4ccc(CO)cc4)O3)cc2)cc1. The van der Waals surface area contributed by atoms with Crippen LogP contribution in [0.25, 0.3) is 22.2 Å². The van der Waals surface area contributed by atoms with Crippen molar-refractivity contribution < 1.29 is 27.8 Å². The lowest BCUT2D eigenvalue weighted by Crippen LogP contribution is -2.47. The molecular formula is C53H55N5O7S. The lowest BCUT2D eigenvalue weighted by Gasteiger charge is -2.40. The average Bonchev–Trinajstić information content (AvgIpc) is 3.69. The molecule has 9 rings (SSSR count). The number of nitrogens with zero attached hydrogens (tertiary/aromatic N) is 2. The number of H-pyrrole nitrogens is 1. The number of piperidine rings is 1. The van der Waals surface area contributed by atoms with Crippen molar-refractivity contribution in [2.24, 2.45) is 0 Å². The van der Waals surface area contributed by atoms with Crippen LogP contribution in [0.3, 0.4) is 0 Å². The van der Waals surface area contributed by atoms with Gasteiger partial charge in [-0.1, -0.05) is 133 Å². The van der Waals surface area contributed by atoms with Gasteiger partial charge in [0.05, 0.1) is 34.7 Å². The van der Waals surface area contributed by atoms with E-state index in [1.165, 1.54) is 0 Å². The van der Waals surface area contributed by atoms with Crippen LogP contribution in [-0.4, -0.2) is 65.7 Å². The number of aromatic amines is 1. The predicted molar refractivity (Wildman–Crippen MR) is 255 cm³/mol. The maximum atomic E-state index is 13.9. The van der Waals surface area contributed by atoms with Crippen molar-refractivity contribution in [3.05, 3.63) is 196 Å². The molecule has 0 radical (unpaired) electrons. The molecule has 2 aliphatic heterocycles. The van der Waals surface area contributed by atoms with E-state index in [1.54, 1.807) is 24.3 Å². The van der Waals surface area contributed by atoms with Crippen molar-refractivity contribution in [3.63, 3.8) is 0 Å². The summed E-state index contributed by atoms with van der Waals surface area (Å²) in [5.74, 6) is -0.435. The van der Waals surface area contributed by atoms with Gasteiger partial charge in [-0.25, -0.2) is 13.2 Å². The monoisotopic (exact) mass is 905 g/mol. The Morgan fingerprint density at radius 3 is 2.21 bits per heavy atom. The van der Waals surface area contributed by atoms with E-state index >= 15 is 0 Å². The quantitative estimate of drug-likeness (QED) is 0.0811. The molecule has 6 aromatic carbocycles. The fourth-order valence-corrected chi connectivity index (χ4v) is 10.4. The van der Waals surface area contributed by atoms with Crippen LogP contribution in [0.15, 0.2) is 161 Å². The summed E-state index contributed by atoms with van der Waals surface area (Å²) in [4.78, 5) is 32.4. The highest BCUT2D eigenvalue weighted by molar-refractivity contribution is 7.89. The summed E-state index contributed by atoms with van der Waals surface area (Å²) in [6.45, 7) is 4.42. The Morgan fingerprint density at radius 2 is 1.47 bits per heavy atom. The van der Waals surface area contributed by atoms with E-state index < -0.39 is 28.3 Å². The number of nitrogens with one attached hydrogen (secondary N) is 3. The Bertz CT molecular complexity index is 2910. The van der Waals surface area contributed by atoms with Crippen LogP contribution < -0.4 is 15.7 Å². The standard InChI is InChI=1S/C53H55N5O7S/c1-36-15-25-45(26-16-36)66(62,63)56-48(31-37-9-3-2-4-10-37)51(60)54-33-42-11-5-6-12-46(42)39-21-23-41(24-22-39)52-64-44(32-50(65-52)40-19-17-38(35-59)18-20-40)34-57-29-27-43(28-30-57)58-49-14-8-7-13-47(49)55-53(58)61/h2-26,43-44,48,50,52,56,59H,27-35H2,1H3,(H,54,60)(H,55,61)/t44-,48-,50+,52+/m1/s1. The fourth-order valence-electron chi connectivity index (χ4n) is 9.21. The average molecular weight is 906 g/mol. The number of aromatic nitrogens is 2. The molecule has 66 heavy (non-hydrogen) atoms. The molecule has 0 aliphatic carbocycles. The number of aryl methyl sites for hydroxylation is 1. The number of hydrogen-bond acceptors (Lipinski definition) is 8. The zero-order valence-electron chi connectivity index (χ0n) is 36.9. The lowest BCUT2D eigenvalue weighted by molar-refractivity contribution is -0.253. The summed E-state index contributed by atoms with van der Waals surface area (Å²) in [6.07, 6.45) is 1.54. The first-order valence-corrected chi connectivity index (χ1v) is 24.1. The summed E-state index contributed by atoms with van der Waals surface area (Å²) in [5, 5.41) is 12.7. The highest BCUT2D eigenvalue weighted by Crippen LogP contribution is 2.39. The molecule has 4 N–H and O–H groups in total. The topological polar surface area (TPSA) is 155 Å². The molecule has 0 saturated carbocycles. The van der Waals surface area contributed by atoms with E-state index in [0.717, 1.165) is 88.0 Å². The Labute approximate surface area is 385 Å². The lowest BCUT2D eigenvalue weighted by atomic mass is 9.97. The molecular weight excluding hydrogens is 851 g/mol. The second kappa shape index (κ2) is 20.1.